The molecule has 25 heavy (non-hydrogen) atoms. The maximum Gasteiger partial charge on any atom is 0.182 e. The summed E-state index contributed by atoms with van der Waals surface area (Å²) in [4.78, 5) is 9.16. The van der Waals surface area contributed by atoms with Crippen molar-refractivity contribution in [3.8, 4) is 17.1 Å². The van der Waals surface area contributed by atoms with Crippen LogP contribution in [0, 0.1) is 0 Å². The molecule has 0 unspecified atom stereocenters. The van der Waals surface area contributed by atoms with Crippen LogP contribution in [0.2, 0.25) is 5.02 Å². The molecule has 0 bridgehead atoms. The van der Waals surface area contributed by atoms with Gasteiger partial charge < -0.3 is 0 Å². The van der Waals surface area contributed by atoms with Gasteiger partial charge in [-0.05, 0) is 24.3 Å². The number of hydrogen-bond acceptors (Lipinski definition) is 4. The minimum Gasteiger partial charge on any atom is -0.216 e. The van der Waals surface area contributed by atoms with Crippen molar-refractivity contribution in [1.82, 2.24) is 29.4 Å². The average molecular weight is 347 g/mol. The molecule has 0 N–H and O–H groups in total. The fourth-order valence-corrected chi connectivity index (χ4v) is 3.02. The van der Waals surface area contributed by atoms with Crippen LogP contribution in [0.15, 0.2) is 67.1 Å². The Bertz CT molecular complexity index is 1210. The molecule has 0 aliphatic heterocycles. The van der Waals surface area contributed by atoms with E-state index < -0.39 is 0 Å². The second-order valence-corrected chi connectivity index (χ2v) is 6.02. The van der Waals surface area contributed by atoms with E-state index in [1.165, 1.54) is 0 Å². The van der Waals surface area contributed by atoms with Gasteiger partial charge in [-0.15, -0.1) is 5.10 Å². The first-order valence-electron chi connectivity index (χ1n) is 7.70. The monoisotopic (exact) mass is 346 g/mol. The van der Waals surface area contributed by atoms with E-state index in [0.717, 1.165) is 22.3 Å². The molecule has 7 heteroatoms. The summed E-state index contributed by atoms with van der Waals surface area (Å²) in [5.74, 6) is 0.601. The number of rotatable bonds is 2. The second-order valence-electron chi connectivity index (χ2n) is 5.59. The lowest BCUT2D eigenvalue weighted by Gasteiger charge is -2.01. The van der Waals surface area contributed by atoms with E-state index in [0.29, 0.717) is 16.5 Å². The van der Waals surface area contributed by atoms with Crippen molar-refractivity contribution < 1.29 is 0 Å². The summed E-state index contributed by atoms with van der Waals surface area (Å²) in [5, 5.41) is 10.5. The van der Waals surface area contributed by atoms with Gasteiger partial charge in [0.2, 0.25) is 0 Å². The summed E-state index contributed by atoms with van der Waals surface area (Å²) in [6.45, 7) is 0. The van der Waals surface area contributed by atoms with Crippen LogP contribution in [0.1, 0.15) is 0 Å². The number of aromatic nitrogens is 6. The highest BCUT2D eigenvalue weighted by Gasteiger charge is 2.14. The van der Waals surface area contributed by atoms with Crippen molar-refractivity contribution >= 4 is 28.3 Å². The molecule has 0 saturated heterocycles. The van der Waals surface area contributed by atoms with Gasteiger partial charge in [0.05, 0.1) is 17.3 Å². The molecule has 0 saturated carbocycles. The van der Waals surface area contributed by atoms with Crippen LogP contribution in [0.3, 0.4) is 0 Å². The fourth-order valence-electron chi connectivity index (χ4n) is 2.83. The van der Waals surface area contributed by atoms with E-state index in [2.05, 4.69) is 20.2 Å². The molecule has 5 rings (SSSR count). The van der Waals surface area contributed by atoms with Gasteiger partial charge in [0.25, 0.3) is 0 Å². The third-order valence-corrected chi connectivity index (χ3v) is 4.22. The quantitative estimate of drug-likeness (QED) is 0.488. The van der Waals surface area contributed by atoms with Crippen LogP contribution >= 0.6 is 11.6 Å². The Kier molecular flexibility index (Phi) is 3.05. The van der Waals surface area contributed by atoms with Gasteiger partial charge in [-0.2, -0.15) is 5.10 Å². The molecule has 2 aromatic carbocycles. The number of hydrogen-bond donors (Lipinski definition) is 0. The molecular formula is C18H11ClN6. The first-order valence-corrected chi connectivity index (χ1v) is 8.08. The van der Waals surface area contributed by atoms with Crippen LogP contribution in [0.4, 0.5) is 0 Å². The highest BCUT2D eigenvalue weighted by atomic mass is 35.5. The summed E-state index contributed by atoms with van der Waals surface area (Å²) in [7, 11) is 0. The van der Waals surface area contributed by atoms with Crippen LogP contribution in [-0.4, -0.2) is 29.4 Å². The SMILES string of the molecule is Clc1cccc(-c2nc3c4cnn(-c5ccccc5)c4ncn3n2)c1. The van der Waals surface area contributed by atoms with Gasteiger partial charge in [0, 0.05) is 10.6 Å². The van der Waals surface area contributed by atoms with Crippen molar-refractivity contribution in [2.75, 3.05) is 0 Å². The molecule has 0 aliphatic carbocycles. The van der Waals surface area contributed by atoms with Gasteiger partial charge in [0.1, 0.15) is 6.33 Å². The van der Waals surface area contributed by atoms with Crippen molar-refractivity contribution in [2.45, 2.75) is 0 Å². The molecule has 6 nitrogen and oxygen atoms in total. The Balaban J connectivity index is 1.72. The molecule has 0 spiro atoms. The molecule has 0 radical (unpaired) electrons. The second kappa shape index (κ2) is 5.39. The van der Waals surface area contributed by atoms with E-state index in [4.69, 9.17) is 11.6 Å². The number of fused-ring (bicyclic) bond motifs is 3. The van der Waals surface area contributed by atoms with Gasteiger partial charge in [-0.25, -0.2) is 19.2 Å². The molecule has 3 aromatic heterocycles. The third-order valence-electron chi connectivity index (χ3n) is 3.99. The van der Waals surface area contributed by atoms with Crippen LogP contribution in [-0.2, 0) is 0 Å². The first kappa shape index (κ1) is 14.1. The Morgan fingerprint density at radius 3 is 2.64 bits per heavy atom. The Morgan fingerprint density at radius 2 is 1.80 bits per heavy atom. The molecule has 0 amide bonds. The van der Waals surface area contributed by atoms with Crippen LogP contribution < -0.4 is 0 Å². The number of benzene rings is 2. The molecule has 120 valence electrons. The zero-order chi connectivity index (χ0) is 16.8. The molecule has 0 fully saturated rings. The van der Waals surface area contributed by atoms with E-state index in [1.807, 2.05) is 54.6 Å². The predicted octanol–water partition coefficient (Wildman–Crippen LogP) is 3.78. The lowest BCUT2D eigenvalue weighted by molar-refractivity contribution is 0.882. The number of halogens is 1. The Morgan fingerprint density at radius 1 is 0.920 bits per heavy atom. The summed E-state index contributed by atoms with van der Waals surface area (Å²) < 4.78 is 3.46. The van der Waals surface area contributed by atoms with E-state index in [9.17, 15) is 0 Å². The van der Waals surface area contributed by atoms with Crippen LogP contribution in [0.25, 0.3) is 33.8 Å². The zero-order valence-corrected chi connectivity index (χ0v) is 13.7. The molecule has 5 aromatic rings. The van der Waals surface area contributed by atoms with Crippen molar-refractivity contribution in [3.05, 3.63) is 72.1 Å². The van der Waals surface area contributed by atoms with Crippen LogP contribution in [0.5, 0.6) is 0 Å². The zero-order valence-electron chi connectivity index (χ0n) is 12.9. The molecular weight excluding hydrogens is 336 g/mol. The maximum atomic E-state index is 6.07. The smallest absolute Gasteiger partial charge is 0.182 e. The third kappa shape index (κ3) is 2.27. The summed E-state index contributed by atoms with van der Waals surface area (Å²) in [5.41, 5.74) is 3.26. The maximum absolute atomic E-state index is 6.07. The highest BCUT2D eigenvalue weighted by molar-refractivity contribution is 6.30. The average Bonchev–Trinajstić information content (AvgIpc) is 3.26. The lowest BCUT2D eigenvalue weighted by Crippen LogP contribution is -1.98. The minimum absolute atomic E-state index is 0.601. The van der Waals surface area contributed by atoms with Gasteiger partial charge in [-0.3, -0.25) is 0 Å². The normalized spacial score (nSPS) is 11.4. The summed E-state index contributed by atoms with van der Waals surface area (Å²) in [6, 6.07) is 17.4. The van der Waals surface area contributed by atoms with E-state index in [-0.39, 0.29) is 0 Å². The topological polar surface area (TPSA) is 60.9 Å². The largest absolute Gasteiger partial charge is 0.216 e. The van der Waals surface area contributed by atoms with Crippen molar-refractivity contribution in [3.63, 3.8) is 0 Å². The Hall–Kier alpha value is -3.25. The van der Waals surface area contributed by atoms with Gasteiger partial charge in [0.15, 0.2) is 17.1 Å². The van der Waals surface area contributed by atoms with E-state index in [1.54, 1.807) is 21.7 Å². The number of para-hydroxylation sites is 1. The van der Waals surface area contributed by atoms with Crippen molar-refractivity contribution in [2.24, 2.45) is 0 Å². The van der Waals surface area contributed by atoms with Gasteiger partial charge in [-0.1, -0.05) is 41.9 Å². The molecule has 3 heterocycles. The highest BCUT2D eigenvalue weighted by Crippen LogP contribution is 2.24. The predicted molar refractivity (Wildman–Crippen MR) is 95.9 cm³/mol. The molecule has 0 atom stereocenters. The van der Waals surface area contributed by atoms with E-state index >= 15 is 0 Å². The van der Waals surface area contributed by atoms with Gasteiger partial charge >= 0.3 is 0 Å². The first-order chi connectivity index (χ1) is 12.3. The summed E-state index contributed by atoms with van der Waals surface area (Å²) in [6.07, 6.45) is 3.42. The Labute approximate surface area is 147 Å². The van der Waals surface area contributed by atoms with Crippen molar-refractivity contribution in [1.29, 1.82) is 0 Å². The number of nitrogens with zero attached hydrogens (tertiary/aromatic N) is 6. The lowest BCUT2D eigenvalue weighted by atomic mass is 10.2. The minimum atomic E-state index is 0.601. The summed E-state index contributed by atoms with van der Waals surface area (Å²) >= 11 is 6.07. The molecule has 0 aliphatic rings. The standard InChI is InChI=1S/C18H11ClN6/c19-13-6-4-5-12(9-13)16-22-18-15-10-21-25(14-7-2-1-3-8-14)17(15)20-11-24(18)23-16/h1-11H. The fraction of sp³-hybridized carbons (Fsp3) is 0.